The second-order valence-electron chi connectivity index (χ2n) is 7.54. The lowest BCUT2D eigenvalue weighted by Crippen LogP contribution is -2.31. The van der Waals surface area contributed by atoms with Crippen molar-refractivity contribution in [3.63, 3.8) is 0 Å². The summed E-state index contributed by atoms with van der Waals surface area (Å²) in [5.41, 5.74) is 2.36. The Hall–Kier alpha value is -2.66. The molecule has 1 saturated heterocycles. The molecule has 2 aromatic rings. The van der Waals surface area contributed by atoms with Gasteiger partial charge in [-0.1, -0.05) is 30.3 Å². The highest BCUT2D eigenvalue weighted by Gasteiger charge is 2.34. The first-order valence-corrected chi connectivity index (χ1v) is 9.99. The van der Waals surface area contributed by atoms with Crippen molar-refractivity contribution in [1.82, 2.24) is 9.80 Å². The maximum atomic E-state index is 12.4. The van der Waals surface area contributed by atoms with Gasteiger partial charge >= 0.3 is 0 Å². The second kappa shape index (κ2) is 8.15. The van der Waals surface area contributed by atoms with Crippen molar-refractivity contribution in [3.05, 3.63) is 65.2 Å². The minimum absolute atomic E-state index is 0.155. The number of likely N-dealkylation sites (tertiary alicyclic amines) is 1. The highest BCUT2D eigenvalue weighted by molar-refractivity contribution is 6.21. The van der Waals surface area contributed by atoms with E-state index < -0.39 is 0 Å². The first-order chi connectivity index (χ1) is 13.7. The number of para-hydroxylation sites is 1. The predicted octanol–water partition coefficient (Wildman–Crippen LogP) is 3.56. The van der Waals surface area contributed by atoms with Crippen LogP contribution in [0, 0.1) is 0 Å². The van der Waals surface area contributed by atoms with Gasteiger partial charge in [-0.25, -0.2) is 0 Å². The summed E-state index contributed by atoms with van der Waals surface area (Å²) in [6.45, 7) is 3.61. The molecule has 146 valence electrons. The first kappa shape index (κ1) is 18.7. The summed E-state index contributed by atoms with van der Waals surface area (Å²) >= 11 is 0. The van der Waals surface area contributed by atoms with Crippen LogP contribution in [0.5, 0.6) is 5.75 Å². The topological polar surface area (TPSA) is 49.9 Å². The summed E-state index contributed by atoms with van der Waals surface area (Å²) < 4.78 is 5.51. The normalized spacial score (nSPS) is 19.3. The lowest BCUT2D eigenvalue weighted by Gasteiger charge is -2.18. The zero-order chi connectivity index (χ0) is 19.5. The van der Waals surface area contributed by atoms with Gasteiger partial charge in [0.05, 0.1) is 18.2 Å². The fraction of sp³-hybridized carbons (Fsp3) is 0.391. The molecular weight excluding hydrogens is 352 g/mol. The van der Waals surface area contributed by atoms with Gasteiger partial charge in [-0.3, -0.25) is 14.5 Å². The van der Waals surface area contributed by atoms with Crippen LogP contribution < -0.4 is 4.74 Å². The molecule has 1 atom stereocenters. The van der Waals surface area contributed by atoms with E-state index in [9.17, 15) is 9.59 Å². The van der Waals surface area contributed by atoms with Crippen molar-refractivity contribution in [2.24, 2.45) is 0 Å². The standard InChI is InChI=1S/C23H26N2O3/c1-28-21-11-5-4-8-18(21)17-12-15-24(16-17)13-6-7-14-25-22(26)19-9-2-3-10-20(19)23(25)27/h2-5,8-11,17H,6-7,12-16H2,1H3/t17-/m0/s1. The Bertz CT molecular complexity index is 845. The monoisotopic (exact) mass is 378 g/mol. The molecule has 5 heteroatoms. The largest absolute Gasteiger partial charge is 0.496 e. The molecule has 4 rings (SSSR count). The summed E-state index contributed by atoms with van der Waals surface area (Å²) in [4.78, 5) is 28.7. The van der Waals surface area contributed by atoms with Crippen molar-refractivity contribution in [2.45, 2.75) is 25.2 Å². The fourth-order valence-corrected chi connectivity index (χ4v) is 4.34. The van der Waals surface area contributed by atoms with Crippen molar-refractivity contribution in [2.75, 3.05) is 33.3 Å². The molecular formula is C23H26N2O3. The smallest absolute Gasteiger partial charge is 0.261 e. The van der Waals surface area contributed by atoms with Gasteiger partial charge in [-0.05, 0) is 56.1 Å². The Balaban J connectivity index is 1.25. The van der Waals surface area contributed by atoms with Crippen LogP contribution in [-0.2, 0) is 0 Å². The number of ether oxygens (including phenoxy) is 1. The van der Waals surface area contributed by atoms with Crippen molar-refractivity contribution >= 4 is 11.8 Å². The van der Waals surface area contributed by atoms with Gasteiger partial charge in [-0.2, -0.15) is 0 Å². The Morgan fingerprint density at radius 2 is 1.57 bits per heavy atom. The Kier molecular flexibility index (Phi) is 5.44. The maximum Gasteiger partial charge on any atom is 0.261 e. The third kappa shape index (κ3) is 3.54. The third-order valence-electron chi connectivity index (χ3n) is 5.84. The molecule has 0 aromatic heterocycles. The number of benzene rings is 2. The van der Waals surface area contributed by atoms with E-state index in [1.807, 2.05) is 12.1 Å². The number of unbranched alkanes of at least 4 members (excludes halogenated alkanes) is 1. The summed E-state index contributed by atoms with van der Waals surface area (Å²) in [5, 5.41) is 0. The molecule has 5 nitrogen and oxygen atoms in total. The molecule has 2 aromatic carbocycles. The fourth-order valence-electron chi connectivity index (χ4n) is 4.34. The summed E-state index contributed by atoms with van der Waals surface area (Å²) in [6, 6.07) is 15.3. The van der Waals surface area contributed by atoms with Crippen LogP contribution in [0.2, 0.25) is 0 Å². The number of hydrogen-bond acceptors (Lipinski definition) is 4. The molecule has 0 bridgehead atoms. The zero-order valence-corrected chi connectivity index (χ0v) is 16.3. The van der Waals surface area contributed by atoms with E-state index in [2.05, 4.69) is 17.0 Å². The van der Waals surface area contributed by atoms with Gasteiger partial charge in [-0.15, -0.1) is 0 Å². The molecule has 28 heavy (non-hydrogen) atoms. The predicted molar refractivity (Wildman–Crippen MR) is 108 cm³/mol. The lowest BCUT2D eigenvalue weighted by molar-refractivity contribution is 0.0650. The first-order valence-electron chi connectivity index (χ1n) is 9.99. The molecule has 0 N–H and O–H groups in total. The van der Waals surface area contributed by atoms with Gasteiger partial charge < -0.3 is 9.64 Å². The molecule has 0 spiro atoms. The van der Waals surface area contributed by atoms with Gasteiger partial charge in [0.1, 0.15) is 5.75 Å². The second-order valence-corrected chi connectivity index (χ2v) is 7.54. The number of fused-ring (bicyclic) bond motifs is 1. The SMILES string of the molecule is COc1ccccc1[C@H]1CCN(CCCCN2C(=O)c3ccccc3C2=O)C1. The molecule has 2 aliphatic heterocycles. The lowest BCUT2D eigenvalue weighted by atomic mass is 9.97. The van der Waals surface area contributed by atoms with Crippen molar-refractivity contribution in [1.29, 1.82) is 0 Å². The van der Waals surface area contributed by atoms with Crippen LogP contribution in [0.3, 0.4) is 0 Å². The number of methoxy groups -OCH3 is 1. The van der Waals surface area contributed by atoms with E-state index in [0.717, 1.165) is 44.6 Å². The third-order valence-corrected chi connectivity index (χ3v) is 5.84. The minimum atomic E-state index is -0.155. The molecule has 0 saturated carbocycles. The molecule has 1 fully saturated rings. The van der Waals surface area contributed by atoms with Crippen LogP contribution >= 0.6 is 0 Å². The Morgan fingerprint density at radius 1 is 0.929 bits per heavy atom. The van der Waals surface area contributed by atoms with Gasteiger partial charge in [0.2, 0.25) is 0 Å². The number of amides is 2. The number of hydrogen-bond donors (Lipinski definition) is 0. The van der Waals surface area contributed by atoms with E-state index in [4.69, 9.17) is 4.74 Å². The average molecular weight is 378 g/mol. The number of carbonyl (C=O) groups excluding carboxylic acids is 2. The highest BCUT2D eigenvalue weighted by atomic mass is 16.5. The van der Waals surface area contributed by atoms with Crippen LogP contribution in [0.15, 0.2) is 48.5 Å². The molecule has 0 aliphatic carbocycles. The highest BCUT2D eigenvalue weighted by Crippen LogP contribution is 2.33. The van der Waals surface area contributed by atoms with E-state index in [0.29, 0.717) is 23.6 Å². The van der Waals surface area contributed by atoms with Gasteiger partial charge in [0.15, 0.2) is 0 Å². The van der Waals surface area contributed by atoms with E-state index in [-0.39, 0.29) is 11.8 Å². The van der Waals surface area contributed by atoms with Crippen LogP contribution in [0.25, 0.3) is 0 Å². The summed E-state index contributed by atoms with van der Waals surface area (Å²) in [6.07, 6.45) is 2.95. The zero-order valence-electron chi connectivity index (χ0n) is 16.3. The number of nitrogens with zero attached hydrogens (tertiary/aromatic N) is 2. The van der Waals surface area contributed by atoms with E-state index in [1.165, 1.54) is 10.5 Å². The van der Waals surface area contributed by atoms with Crippen LogP contribution in [0.4, 0.5) is 0 Å². The average Bonchev–Trinajstić information content (AvgIpc) is 3.30. The number of carbonyl (C=O) groups is 2. The van der Waals surface area contributed by atoms with Gasteiger partial charge in [0, 0.05) is 19.0 Å². The van der Waals surface area contributed by atoms with E-state index >= 15 is 0 Å². The summed E-state index contributed by atoms with van der Waals surface area (Å²) in [7, 11) is 1.73. The quantitative estimate of drug-likeness (QED) is 0.546. The number of imide groups is 1. The van der Waals surface area contributed by atoms with Crippen LogP contribution in [-0.4, -0.2) is 54.9 Å². The molecule has 0 unspecified atom stereocenters. The van der Waals surface area contributed by atoms with Crippen molar-refractivity contribution in [3.8, 4) is 5.75 Å². The molecule has 2 heterocycles. The molecule has 0 radical (unpaired) electrons. The minimum Gasteiger partial charge on any atom is -0.496 e. The van der Waals surface area contributed by atoms with Crippen molar-refractivity contribution < 1.29 is 14.3 Å². The Labute approximate surface area is 165 Å². The number of rotatable bonds is 7. The Morgan fingerprint density at radius 3 is 2.29 bits per heavy atom. The van der Waals surface area contributed by atoms with Gasteiger partial charge in [0.25, 0.3) is 11.8 Å². The maximum absolute atomic E-state index is 12.4. The molecule has 2 aliphatic rings. The molecule has 2 amide bonds. The summed E-state index contributed by atoms with van der Waals surface area (Å²) in [5.74, 6) is 1.17. The van der Waals surface area contributed by atoms with E-state index in [1.54, 1.807) is 31.4 Å². The van der Waals surface area contributed by atoms with Crippen LogP contribution in [0.1, 0.15) is 51.5 Å².